The number of hydrogen-bond acceptors (Lipinski definition) is 6. The van der Waals surface area contributed by atoms with Crippen LogP contribution in [-0.4, -0.2) is 35.7 Å². The number of ether oxygens (including phenoxy) is 1. The average Bonchev–Trinajstić information content (AvgIpc) is 2.55. The third-order valence-corrected chi connectivity index (χ3v) is 5.74. The first kappa shape index (κ1) is 18.9. The molecule has 0 heterocycles. The van der Waals surface area contributed by atoms with E-state index < -0.39 is 25.8 Å². The minimum absolute atomic E-state index is 0.0326. The van der Waals surface area contributed by atoms with E-state index in [4.69, 9.17) is 4.74 Å². The summed E-state index contributed by atoms with van der Waals surface area (Å²) in [5, 5.41) is 0. The van der Waals surface area contributed by atoms with Crippen molar-refractivity contribution in [2.45, 2.75) is 16.7 Å². The summed E-state index contributed by atoms with van der Waals surface area (Å²) in [5.74, 6) is -0.492. The van der Waals surface area contributed by atoms with Gasteiger partial charge in [0.15, 0.2) is 9.84 Å². The Morgan fingerprint density at radius 3 is 1.92 bits per heavy atom. The van der Waals surface area contributed by atoms with E-state index in [9.17, 15) is 21.6 Å². The number of benzene rings is 2. The van der Waals surface area contributed by atoms with Crippen molar-refractivity contribution in [3.05, 3.63) is 54.1 Å². The minimum Gasteiger partial charge on any atom is -0.462 e. The van der Waals surface area contributed by atoms with E-state index in [0.717, 1.165) is 6.26 Å². The highest BCUT2D eigenvalue weighted by Crippen LogP contribution is 2.19. The van der Waals surface area contributed by atoms with Crippen LogP contribution in [0.1, 0.15) is 17.3 Å². The average molecular weight is 383 g/mol. The lowest BCUT2D eigenvalue weighted by molar-refractivity contribution is 0.0526. The fourth-order valence-electron chi connectivity index (χ4n) is 1.97. The Morgan fingerprint density at radius 1 is 0.920 bits per heavy atom. The molecule has 134 valence electrons. The maximum absolute atomic E-state index is 12.3. The van der Waals surface area contributed by atoms with Crippen LogP contribution in [0.15, 0.2) is 58.3 Å². The van der Waals surface area contributed by atoms with E-state index in [1.807, 2.05) is 0 Å². The van der Waals surface area contributed by atoms with Crippen molar-refractivity contribution in [1.29, 1.82) is 0 Å². The Bertz CT molecular complexity index is 962. The van der Waals surface area contributed by atoms with E-state index in [0.29, 0.717) is 5.56 Å². The molecule has 0 bridgehead atoms. The number of anilines is 1. The van der Waals surface area contributed by atoms with Crippen LogP contribution in [-0.2, 0) is 24.6 Å². The molecule has 2 aromatic rings. The molecular weight excluding hydrogens is 366 g/mol. The van der Waals surface area contributed by atoms with Crippen molar-refractivity contribution in [2.75, 3.05) is 17.6 Å². The number of carbonyl (C=O) groups is 1. The number of sulfonamides is 1. The van der Waals surface area contributed by atoms with Gasteiger partial charge in [-0.25, -0.2) is 21.6 Å². The smallest absolute Gasteiger partial charge is 0.338 e. The third-order valence-electron chi connectivity index (χ3n) is 3.21. The first-order chi connectivity index (χ1) is 11.6. The van der Waals surface area contributed by atoms with Crippen molar-refractivity contribution in [3.63, 3.8) is 0 Å². The third kappa shape index (κ3) is 4.80. The van der Waals surface area contributed by atoms with E-state index in [-0.39, 0.29) is 22.1 Å². The molecule has 0 saturated carbocycles. The van der Waals surface area contributed by atoms with E-state index >= 15 is 0 Å². The van der Waals surface area contributed by atoms with E-state index in [1.54, 1.807) is 6.92 Å². The van der Waals surface area contributed by atoms with Crippen LogP contribution in [0.4, 0.5) is 5.69 Å². The number of hydrogen-bond donors (Lipinski definition) is 1. The molecule has 0 aliphatic rings. The summed E-state index contributed by atoms with van der Waals surface area (Å²) in [5.41, 5.74) is 0.572. The second-order valence-electron chi connectivity index (χ2n) is 5.15. The normalized spacial score (nSPS) is 11.8. The van der Waals surface area contributed by atoms with Crippen LogP contribution in [0, 0.1) is 0 Å². The van der Waals surface area contributed by atoms with Crippen molar-refractivity contribution in [1.82, 2.24) is 0 Å². The van der Waals surface area contributed by atoms with Gasteiger partial charge in [0.05, 0.1) is 22.0 Å². The van der Waals surface area contributed by atoms with Gasteiger partial charge in [-0.05, 0) is 55.5 Å². The lowest BCUT2D eigenvalue weighted by Crippen LogP contribution is -2.13. The first-order valence-corrected chi connectivity index (χ1v) is 10.6. The molecule has 0 radical (unpaired) electrons. The van der Waals surface area contributed by atoms with Gasteiger partial charge in [0, 0.05) is 11.9 Å². The summed E-state index contributed by atoms with van der Waals surface area (Å²) < 4.78 is 54.7. The van der Waals surface area contributed by atoms with Gasteiger partial charge in [0.2, 0.25) is 0 Å². The maximum Gasteiger partial charge on any atom is 0.338 e. The Labute approximate surface area is 146 Å². The van der Waals surface area contributed by atoms with Gasteiger partial charge in [0.25, 0.3) is 10.0 Å². The number of carbonyl (C=O) groups excluding carboxylic acids is 1. The van der Waals surface area contributed by atoms with Gasteiger partial charge in [-0.2, -0.15) is 0 Å². The Balaban J connectivity index is 2.19. The lowest BCUT2D eigenvalue weighted by Gasteiger charge is -2.09. The predicted octanol–water partition coefficient (Wildman–Crippen LogP) is 2.07. The van der Waals surface area contributed by atoms with Gasteiger partial charge in [-0.3, -0.25) is 4.72 Å². The second-order valence-corrected chi connectivity index (χ2v) is 8.85. The number of esters is 1. The Morgan fingerprint density at radius 2 is 1.44 bits per heavy atom. The summed E-state index contributed by atoms with van der Waals surface area (Å²) in [6.45, 7) is 1.94. The molecule has 0 unspecified atom stereocenters. The first-order valence-electron chi connectivity index (χ1n) is 7.23. The molecule has 2 aromatic carbocycles. The van der Waals surface area contributed by atoms with Crippen molar-refractivity contribution in [2.24, 2.45) is 0 Å². The highest BCUT2D eigenvalue weighted by molar-refractivity contribution is 7.92. The molecule has 0 aromatic heterocycles. The second kappa shape index (κ2) is 7.24. The van der Waals surface area contributed by atoms with Gasteiger partial charge in [-0.15, -0.1) is 0 Å². The summed E-state index contributed by atoms with van der Waals surface area (Å²) >= 11 is 0. The van der Waals surface area contributed by atoms with Crippen LogP contribution in [0.5, 0.6) is 0 Å². The summed E-state index contributed by atoms with van der Waals surface area (Å²) in [6.07, 6.45) is 1.04. The predicted molar refractivity (Wildman–Crippen MR) is 92.8 cm³/mol. The van der Waals surface area contributed by atoms with Crippen molar-refractivity contribution < 1.29 is 26.4 Å². The summed E-state index contributed by atoms with van der Waals surface area (Å²) in [7, 11) is -7.28. The molecule has 0 amide bonds. The van der Waals surface area contributed by atoms with Crippen LogP contribution < -0.4 is 4.72 Å². The molecule has 7 nitrogen and oxygen atoms in total. The van der Waals surface area contributed by atoms with Crippen LogP contribution >= 0.6 is 0 Å². The molecule has 0 atom stereocenters. The van der Waals surface area contributed by atoms with E-state index in [2.05, 4.69) is 4.72 Å². The molecule has 9 heteroatoms. The maximum atomic E-state index is 12.3. The number of nitrogens with one attached hydrogen (secondary N) is 1. The molecule has 25 heavy (non-hydrogen) atoms. The highest BCUT2D eigenvalue weighted by Gasteiger charge is 2.16. The fraction of sp³-hybridized carbons (Fsp3) is 0.188. The van der Waals surface area contributed by atoms with Gasteiger partial charge >= 0.3 is 5.97 Å². The number of sulfone groups is 1. The van der Waals surface area contributed by atoms with Gasteiger partial charge in [-0.1, -0.05) is 0 Å². The minimum atomic E-state index is -3.88. The number of rotatable bonds is 6. The monoisotopic (exact) mass is 383 g/mol. The summed E-state index contributed by atoms with van der Waals surface area (Å²) in [4.78, 5) is 11.5. The van der Waals surface area contributed by atoms with E-state index in [1.165, 1.54) is 48.5 Å². The standard InChI is InChI=1S/C16H17NO6S2/c1-3-23-16(18)12-4-6-13(7-5-12)17-25(21,22)15-10-8-14(9-11-15)24(2,19)20/h4-11,17H,3H2,1-2H3. The zero-order valence-electron chi connectivity index (χ0n) is 13.6. The topological polar surface area (TPSA) is 107 Å². The molecular formula is C16H17NO6S2. The van der Waals surface area contributed by atoms with Gasteiger partial charge in [0.1, 0.15) is 0 Å². The zero-order chi connectivity index (χ0) is 18.7. The fourth-order valence-corrected chi connectivity index (χ4v) is 3.66. The van der Waals surface area contributed by atoms with Gasteiger partial charge < -0.3 is 4.74 Å². The molecule has 1 N–H and O–H groups in total. The van der Waals surface area contributed by atoms with Crippen molar-refractivity contribution in [3.8, 4) is 0 Å². The molecule has 0 aliphatic heterocycles. The largest absolute Gasteiger partial charge is 0.462 e. The molecule has 0 spiro atoms. The SMILES string of the molecule is CCOC(=O)c1ccc(NS(=O)(=O)c2ccc(S(C)(=O)=O)cc2)cc1. The van der Waals surface area contributed by atoms with Crippen molar-refractivity contribution >= 4 is 31.5 Å². The highest BCUT2D eigenvalue weighted by atomic mass is 32.2. The molecule has 0 saturated heterocycles. The summed E-state index contributed by atoms with van der Waals surface area (Å²) in [6, 6.07) is 10.7. The Hall–Kier alpha value is -2.39. The Kier molecular flexibility index (Phi) is 5.48. The molecule has 2 rings (SSSR count). The zero-order valence-corrected chi connectivity index (χ0v) is 15.2. The van der Waals surface area contributed by atoms with Crippen LogP contribution in [0.3, 0.4) is 0 Å². The van der Waals surface area contributed by atoms with Crippen LogP contribution in [0.25, 0.3) is 0 Å². The molecule has 0 fully saturated rings. The van der Waals surface area contributed by atoms with Crippen LogP contribution in [0.2, 0.25) is 0 Å². The quantitative estimate of drug-likeness (QED) is 0.765. The molecule has 0 aliphatic carbocycles. The lowest BCUT2D eigenvalue weighted by atomic mass is 10.2.